The van der Waals surface area contributed by atoms with Crippen molar-refractivity contribution in [2.24, 2.45) is 0 Å². The molecule has 4 heteroatoms. The summed E-state index contributed by atoms with van der Waals surface area (Å²) in [4.78, 5) is 10.8. The summed E-state index contributed by atoms with van der Waals surface area (Å²) in [5, 5.41) is 2.70. The van der Waals surface area contributed by atoms with E-state index in [1.165, 1.54) is 6.92 Å². The van der Waals surface area contributed by atoms with Crippen molar-refractivity contribution in [2.75, 3.05) is 18.5 Å². The summed E-state index contributed by atoms with van der Waals surface area (Å²) in [5.41, 5.74) is 0.767. The minimum absolute atomic E-state index is 0.0796. The highest BCUT2D eigenvalue weighted by Gasteiger charge is 1.98. The Bertz CT molecular complexity index is 346. The average Bonchev–Trinajstić information content (AvgIpc) is 2.25. The van der Waals surface area contributed by atoms with Crippen LogP contribution in [0.4, 0.5) is 5.69 Å². The van der Waals surface area contributed by atoms with Crippen LogP contribution < -0.4 is 10.1 Å². The van der Waals surface area contributed by atoms with E-state index in [4.69, 9.17) is 9.47 Å². The van der Waals surface area contributed by atoms with Crippen molar-refractivity contribution in [2.45, 2.75) is 26.9 Å². The van der Waals surface area contributed by atoms with Crippen LogP contribution in [-0.4, -0.2) is 25.2 Å². The zero-order valence-electron chi connectivity index (χ0n) is 10.5. The molecule has 1 rings (SSSR count). The Balaban J connectivity index is 2.32. The largest absolute Gasteiger partial charge is 0.491 e. The maximum atomic E-state index is 10.8. The minimum Gasteiger partial charge on any atom is -0.491 e. The van der Waals surface area contributed by atoms with Crippen molar-refractivity contribution in [3.63, 3.8) is 0 Å². The summed E-state index contributed by atoms with van der Waals surface area (Å²) in [6.07, 6.45) is 0.223. The molecule has 0 aliphatic rings. The Labute approximate surface area is 102 Å². The van der Waals surface area contributed by atoms with Gasteiger partial charge in [-0.25, -0.2) is 0 Å². The molecule has 0 saturated carbocycles. The number of carbonyl (C=O) groups excluding carboxylic acids is 1. The Morgan fingerprint density at radius 2 is 1.88 bits per heavy atom. The standard InChI is InChI=1S/C13H19NO3/c1-10(2)16-8-9-17-13-6-4-12(5-7-13)14-11(3)15/h4-7,10H,8-9H2,1-3H3,(H,14,15). The van der Waals surface area contributed by atoms with Crippen molar-refractivity contribution in [1.82, 2.24) is 0 Å². The summed E-state index contributed by atoms with van der Waals surface area (Å²) in [5.74, 6) is 0.690. The van der Waals surface area contributed by atoms with Crippen LogP contribution in [0.2, 0.25) is 0 Å². The van der Waals surface area contributed by atoms with E-state index in [0.717, 1.165) is 11.4 Å². The number of rotatable bonds is 6. The van der Waals surface area contributed by atoms with Crippen LogP contribution in [0.5, 0.6) is 5.75 Å². The van der Waals surface area contributed by atoms with E-state index < -0.39 is 0 Å². The first-order valence-electron chi connectivity index (χ1n) is 5.70. The molecule has 0 aromatic heterocycles. The van der Waals surface area contributed by atoms with Crippen LogP contribution in [0.15, 0.2) is 24.3 Å². The van der Waals surface area contributed by atoms with E-state index in [-0.39, 0.29) is 12.0 Å². The fraction of sp³-hybridized carbons (Fsp3) is 0.462. The second kappa shape index (κ2) is 6.91. The van der Waals surface area contributed by atoms with E-state index in [0.29, 0.717) is 13.2 Å². The molecule has 1 N–H and O–H groups in total. The fourth-order valence-corrected chi connectivity index (χ4v) is 1.28. The number of ether oxygens (including phenoxy) is 2. The maximum absolute atomic E-state index is 10.8. The zero-order chi connectivity index (χ0) is 12.7. The molecule has 0 heterocycles. The zero-order valence-corrected chi connectivity index (χ0v) is 10.5. The van der Waals surface area contributed by atoms with E-state index in [1.54, 1.807) is 12.1 Å². The Morgan fingerprint density at radius 3 is 2.41 bits per heavy atom. The molecule has 17 heavy (non-hydrogen) atoms. The third kappa shape index (κ3) is 5.92. The van der Waals surface area contributed by atoms with Gasteiger partial charge in [-0.1, -0.05) is 0 Å². The number of carbonyl (C=O) groups is 1. The molecule has 0 saturated heterocycles. The molecular weight excluding hydrogens is 218 g/mol. The maximum Gasteiger partial charge on any atom is 0.221 e. The summed E-state index contributed by atoms with van der Waals surface area (Å²) in [6.45, 7) is 6.56. The highest BCUT2D eigenvalue weighted by Crippen LogP contribution is 2.15. The van der Waals surface area contributed by atoms with Crippen LogP contribution in [0.1, 0.15) is 20.8 Å². The lowest BCUT2D eigenvalue weighted by atomic mass is 10.3. The predicted octanol–water partition coefficient (Wildman–Crippen LogP) is 2.45. The van der Waals surface area contributed by atoms with Gasteiger partial charge in [0.2, 0.25) is 5.91 Å². The van der Waals surface area contributed by atoms with Crippen molar-refractivity contribution in [1.29, 1.82) is 0 Å². The Morgan fingerprint density at radius 1 is 1.24 bits per heavy atom. The predicted molar refractivity (Wildman–Crippen MR) is 67.3 cm³/mol. The van der Waals surface area contributed by atoms with Gasteiger partial charge in [-0.3, -0.25) is 4.79 Å². The molecule has 0 aliphatic carbocycles. The summed E-state index contributed by atoms with van der Waals surface area (Å²) >= 11 is 0. The lowest BCUT2D eigenvalue weighted by molar-refractivity contribution is -0.114. The number of nitrogens with one attached hydrogen (secondary N) is 1. The van der Waals surface area contributed by atoms with Crippen LogP contribution in [0.3, 0.4) is 0 Å². The van der Waals surface area contributed by atoms with Gasteiger partial charge in [0.05, 0.1) is 12.7 Å². The number of amides is 1. The highest BCUT2D eigenvalue weighted by molar-refractivity contribution is 5.88. The lowest BCUT2D eigenvalue weighted by Crippen LogP contribution is -2.11. The van der Waals surface area contributed by atoms with E-state index in [2.05, 4.69) is 5.32 Å². The Kier molecular flexibility index (Phi) is 5.49. The summed E-state index contributed by atoms with van der Waals surface area (Å²) in [6, 6.07) is 7.25. The second-order valence-corrected chi connectivity index (χ2v) is 3.97. The quantitative estimate of drug-likeness (QED) is 0.773. The van der Waals surface area contributed by atoms with Gasteiger partial charge in [0, 0.05) is 12.6 Å². The van der Waals surface area contributed by atoms with Crippen LogP contribution in [0.25, 0.3) is 0 Å². The SMILES string of the molecule is CC(=O)Nc1ccc(OCCOC(C)C)cc1. The molecule has 0 atom stereocenters. The van der Waals surface area contributed by atoms with Crippen LogP contribution in [-0.2, 0) is 9.53 Å². The van der Waals surface area contributed by atoms with Gasteiger partial charge in [-0.05, 0) is 38.1 Å². The monoisotopic (exact) mass is 237 g/mol. The van der Waals surface area contributed by atoms with E-state index >= 15 is 0 Å². The first kappa shape index (κ1) is 13.5. The molecule has 1 amide bonds. The molecule has 0 aliphatic heterocycles. The molecule has 0 radical (unpaired) electrons. The summed E-state index contributed by atoms with van der Waals surface area (Å²) in [7, 11) is 0. The molecule has 0 fully saturated rings. The minimum atomic E-state index is -0.0796. The number of hydrogen-bond donors (Lipinski definition) is 1. The molecular formula is C13H19NO3. The number of benzene rings is 1. The van der Waals surface area contributed by atoms with Crippen molar-refractivity contribution in [3.8, 4) is 5.75 Å². The van der Waals surface area contributed by atoms with Gasteiger partial charge in [0.1, 0.15) is 12.4 Å². The van der Waals surface area contributed by atoms with Gasteiger partial charge >= 0.3 is 0 Å². The van der Waals surface area contributed by atoms with E-state index in [9.17, 15) is 4.79 Å². The average molecular weight is 237 g/mol. The third-order valence-corrected chi connectivity index (χ3v) is 1.98. The topological polar surface area (TPSA) is 47.6 Å². The lowest BCUT2D eigenvalue weighted by Gasteiger charge is -2.09. The van der Waals surface area contributed by atoms with Crippen molar-refractivity contribution < 1.29 is 14.3 Å². The van der Waals surface area contributed by atoms with Crippen LogP contribution >= 0.6 is 0 Å². The van der Waals surface area contributed by atoms with Gasteiger partial charge in [0.25, 0.3) is 0 Å². The van der Waals surface area contributed by atoms with Gasteiger partial charge in [0.15, 0.2) is 0 Å². The van der Waals surface area contributed by atoms with Crippen LogP contribution in [0, 0.1) is 0 Å². The van der Waals surface area contributed by atoms with Gasteiger partial charge in [-0.2, -0.15) is 0 Å². The number of hydrogen-bond acceptors (Lipinski definition) is 3. The van der Waals surface area contributed by atoms with E-state index in [1.807, 2.05) is 26.0 Å². The van der Waals surface area contributed by atoms with Gasteiger partial charge < -0.3 is 14.8 Å². The molecule has 0 bridgehead atoms. The van der Waals surface area contributed by atoms with Crippen molar-refractivity contribution in [3.05, 3.63) is 24.3 Å². The first-order valence-corrected chi connectivity index (χ1v) is 5.70. The fourth-order valence-electron chi connectivity index (χ4n) is 1.28. The first-order chi connectivity index (χ1) is 8.08. The highest BCUT2D eigenvalue weighted by atomic mass is 16.5. The molecule has 0 unspecified atom stereocenters. The summed E-state index contributed by atoms with van der Waals surface area (Å²) < 4.78 is 10.8. The molecule has 4 nitrogen and oxygen atoms in total. The molecule has 0 spiro atoms. The number of anilines is 1. The third-order valence-electron chi connectivity index (χ3n) is 1.98. The smallest absolute Gasteiger partial charge is 0.221 e. The molecule has 1 aromatic rings. The molecule has 1 aromatic carbocycles. The van der Waals surface area contributed by atoms with Gasteiger partial charge in [-0.15, -0.1) is 0 Å². The Hall–Kier alpha value is -1.55. The second-order valence-electron chi connectivity index (χ2n) is 3.97. The normalized spacial score (nSPS) is 10.4. The molecule has 94 valence electrons. The van der Waals surface area contributed by atoms with Crippen molar-refractivity contribution >= 4 is 11.6 Å².